The molecule has 0 unspecified atom stereocenters. The molecule has 0 saturated carbocycles. The Morgan fingerprint density at radius 3 is 2.33 bits per heavy atom. The van der Waals surface area contributed by atoms with Gasteiger partial charge in [-0.2, -0.15) is 0 Å². The summed E-state index contributed by atoms with van der Waals surface area (Å²) in [6.45, 7) is 1.32. The molecular weight excluding hydrogens is 272 g/mol. The minimum Gasteiger partial charge on any atom is -0.508 e. The van der Waals surface area contributed by atoms with Crippen molar-refractivity contribution in [2.45, 2.75) is 6.92 Å². The second-order valence-corrected chi connectivity index (χ2v) is 4.49. The van der Waals surface area contributed by atoms with Crippen LogP contribution in [0.2, 0.25) is 0 Å². The molecule has 0 aliphatic carbocycles. The van der Waals surface area contributed by atoms with E-state index in [1.165, 1.54) is 30.5 Å². The predicted octanol–water partition coefficient (Wildman–Crippen LogP) is 1.83. The zero-order valence-electron chi connectivity index (χ0n) is 11.4. The number of aromatic nitrogens is 1. The summed E-state index contributed by atoms with van der Waals surface area (Å²) in [5.41, 5.74) is 1.46. The lowest BCUT2D eigenvalue weighted by molar-refractivity contribution is -0.135. The lowest BCUT2D eigenvalue weighted by Crippen LogP contribution is -2.35. The number of carboxylic acid groups (broad SMARTS) is 1. The van der Waals surface area contributed by atoms with Gasteiger partial charge in [-0.15, -0.1) is 0 Å². The molecule has 2 N–H and O–H groups in total. The lowest BCUT2D eigenvalue weighted by Gasteiger charge is -2.21. The van der Waals surface area contributed by atoms with Gasteiger partial charge in [0.25, 0.3) is 5.91 Å². The number of aryl methyl sites for hydroxylation is 1. The number of pyridine rings is 1. The Bertz CT molecular complexity index is 650. The van der Waals surface area contributed by atoms with Crippen LogP contribution in [0.25, 0.3) is 0 Å². The second-order valence-electron chi connectivity index (χ2n) is 4.49. The molecule has 6 heteroatoms. The molecule has 2 aromatic rings. The van der Waals surface area contributed by atoms with Gasteiger partial charge >= 0.3 is 5.97 Å². The van der Waals surface area contributed by atoms with Crippen molar-refractivity contribution in [3.63, 3.8) is 0 Å². The van der Waals surface area contributed by atoms with E-state index in [0.717, 1.165) is 10.6 Å². The minimum atomic E-state index is -1.13. The molecule has 0 saturated heterocycles. The van der Waals surface area contributed by atoms with Crippen LogP contribution in [0.4, 0.5) is 5.69 Å². The van der Waals surface area contributed by atoms with Crippen LogP contribution in [0.1, 0.15) is 16.1 Å². The summed E-state index contributed by atoms with van der Waals surface area (Å²) in [4.78, 5) is 28.6. The molecule has 0 spiro atoms. The molecule has 0 bridgehead atoms. The summed E-state index contributed by atoms with van der Waals surface area (Å²) < 4.78 is 0. The number of carbonyl (C=O) groups is 2. The smallest absolute Gasteiger partial charge is 0.323 e. The highest BCUT2D eigenvalue weighted by Gasteiger charge is 2.20. The normalized spacial score (nSPS) is 10.1. The van der Waals surface area contributed by atoms with E-state index in [2.05, 4.69) is 4.98 Å². The maximum absolute atomic E-state index is 12.4. The zero-order valence-corrected chi connectivity index (χ0v) is 11.4. The molecule has 108 valence electrons. The molecule has 1 aromatic heterocycles. The van der Waals surface area contributed by atoms with Crippen LogP contribution >= 0.6 is 0 Å². The number of amides is 1. The molecule has 1 heterocycles. The number of carbonyl (C=O) groups excluding carboxylic acids is 1. The van der Waals surface area contributed by atoms with Crippen molar-refractivity contribution in [2.24, 2.45) is 0 Å². The van der Waals surface area contributed by atoms with Crippen LogP contribution in [0.15, 0.2) is 42.6 Å². The molecule has 2 rings (SSSR count). The van der Waals surface area contributed by atoms with Gasteiger partial charge in [-0.1, -0.05) is 0 Å². The molecule has 1 amide bonds. The third-order valence-corrected chi connectivity index (χ3v) is 2.86. The molecule has 0 atom stereocenters. The quantitative estimate of drug-likeness (QED) is 0.894. The second kappa shape index (κ2) is 6.04. The van der Waals surface area contributed by atoms with Crippen LogP contribution in [0.5, 0.6) is 5.75 Å². The molecule has 0 radical (unpaired) electrons. The van der Waals surface area contributed by atoms with Crippen molar-refractivity contribution in [3.05, 3.63) is 53.9 Å². The number of carboxylic acids is 1. The summed E-state index contributed by atoms with van der Waals surface area (Å²) in [6, 6.07) is 9.04. The van der Waals surface area contributed by atoms with E-state index >= 15 is 0 Å². The number of anilines is 1. The molecule has 1 aromatic carbocycles. The third-order valence-electron chi connectivity index (χ3n) is 2.86. The van der Waals surface area contributed by atoms with E-state index in [1.54, 1.807) is 19.1 Å². The number of aromatic hydroxyl groups is 1. The van der Waals surface area contributed by atoms with Gasteiger partial charge < -0.3 is 10.2 Å². The Morgan fingerprint density at radius 2 is 1.81 bits per heavy atom. The van der Waals surface area contributed by atoms with Crippen molar-refractivity contribution in [3.8, 4) is 5.75 Å². The van der Waals surface area contributed by atoms with Gasteiger partial charge in [0.2, 0.25) is 0 Å². The Hall–Kier alpha value is -2.89. The average Bonchev–Trinajstić information content (AvgIpc) is 2.46. The van der Waals surface area contributed by atoms with Gasteiger partial charge in [-0.25, -0.2) is 0 Å². The highest BCUT2D eigenvalue weighted by atomic mass is 16.4. The maximum atomic E-state index is 12.4. The van der Waals surface area contributed by atoms with Crippen LogP contribution in [-0.2, 0) is 4.79 Å². The first kappa shape index (κ1) is 14.5. The SMILES string of the molecule is Cc1ccc(C(=O)N(CC(=O)O)c2ccc(O)cc2)cn1. The first-order chi connectivity index (χ1) is 9.97. The number of nitrogens with zero attached hydrogens (tertiary/aromatic N) is 2. The standard InChI is InChI=1S/C15H14N2O4/c1-10-2-3-11(8-16-10)15(21)17(9-14(19)20)12-4-6-13(18)7-5-12/h2-8,18H,9H2,1H3,(H,19,20). The molecule has 6 nitrogen and oxygen atoms in total. The summed E-state index contributed by atoms with van der Waals surface area (Å²) in [5.74, 6) is -1.55. The van der Waals surface area contributed by atoms with Gasteiger partial charge in [-0.05, 0) is 43.3 Å². The van der Waals surface area contributed by atoms with Gasteiger partial charge in [0.15, 0.2) is 0 Å². The van der Waals surface area contributed by atoms with Crippen LogP contribution < -0.4 is 4.90 Å². The molecule has 0 aliphatic heterocycles. The van der Waals surface area contributed by atoms with E-state index in [4.69, 9.17) is 5.11 Å². The van der Waals surface area contributed by atoms with Crippen molar-refractivity contribution in [1.82, 2.24) is 4.98 Å². The number of hydrogen-bond acceptors (Lipinski definition) is 4. The fraction of sp³-hybridized carbons (Fsp3) is 0.133. The van der Waals surface area contributed by atoms with Crippen molar-refractivity contribution in [2.75, 3.05) is 11.4 Å². The topological polar surface area (TPSA) is 90.7 Å². The fourth-order valence-electron chi connectivity index (χ4n) is 1.80. The number of aliphatic carboxylic acids is 1. The Kier molecular flexibility index (Phi) is 4.18. The monoisotopic (exact) mass is 286 g/mol. The first-order valence-corrected chi connectivity index (χ1v) is 6.22. The summed E-state index contributed by atoms with van der Waals surface area (Å²) >= 11 is 0. The average molecular weight is 286 g/mol. The van der Waals surface area contributed by atoms with E-state index in [-0.39, 0.29) is 5.75 Å². The largest absolute Gasteiger partial charge is 0.508 e. The van der Waals surface area contributed by atoms with E-state index in [1.807, 2.05) is 0 Å². The number of phenols is 1. The maximum Gasteiger partial charge on any atom is 0.323 e. The molecular formula is C15H14N2O4. The Morgan fingerprint density at radius 1 is 1.14 bits per heavy atom. The Balaban J connectivity index is 2.35. The summed E-state index contributed by atoms with van der Waals surface area (Å²) in [5, 5.41) is 18.3. The van der Waals surface area contributed by atoms with Crippen molar-refractivity contribution < 1.29 is 19.8 Å². The zero-order chi connectivity index (χ0) is 15.4. The van der Waals surface area contributed by atoms with Crippen molar-refractivity contribution >= 4 is 17.6 Å². The van der Waals surface area contributed by atoms with Gasteiger partial charge in [0.05, 0.1) is 5.56 Å². The van der Waals surface area contributed by atoms with Crippen LogP contribution in [0.3, 0.4) is 0 Å². The third kappa shape index (κ3) is 3.56. The van der Waals surface area contributed by atoms with Gasteiger partial charge in [-0.3, -0.25) is 19.5 Å². The number of rotatable bonds is 4. The molecule has 0 fully saturated rings. The minimum absolute atomic E-state index is 0.0403. The highest BCUT2D eigenvalue weighted by Crippen LogP contribution is 2.20. The van der Waals surface area contributed by atoms with E-state index in [9.17, 15) is 14.7 Å². The van der Waals surface area contributed by atoms with Gasteiger partial charge in [0, 0.05) is 17.6 Å². The fourth-order valence-corrected chi connectivity index (χ4v) is 1.80. The van der Waals surface area contributed by atoms with E-state index in [0.29, 0.717) is 11.3 Å². The molecule has 0 aliphatic rings. The van der Waals surface area contributed by atoms with E-state index < -0.39 is 18.4 Å². The predicted molar refractivity (Wildman–Crippen MR) is 76.4 cm³/mol. The van der Waals surface area contributed by atoms with Gasteiger partial charge in [0.1, 0.15) is 12.3 Å². The molecule has 21 heavy (non-hydrogen) atoms. The van der Waals surface area contributed by atoms with Crippen LogP contribution in [-0.4, -0.2) is 33.6 Å². The summed E-state index contributed by atoms with van der Waals surface area (Å²) in [6.07, 6.45) is 1.41. The summed E-state index contributed by atoms with van der Waals surface area (Å²) in [7, 11) is 0. The highest BCUT2D eigenvalue weighted by molar-refractivity contribution is 6.08. The first-order valence-electron chi connectivity index (χ1n) is 6.22. The van der Waals surface area contributed by atoms with Crippen molar-refractivity contribution in [1.29, 1.82) is 0 Å². The number of hydrogen-bond donors (Lipinski definition) is 2. The Labute approximate surface area is 121 Å². The number of phenolic OH excluding ortho intramolecular Hbond substituents is 1. The number of benzene rings is 1. The van der Waals surface area contributed by atoms with Crippen LogP contribution in [0, 0.1) is 6.92 Å². The lowest BCUT2D eigenvalue weighted by atomic mass is 10.2.